The van der Waals surface area contributed by atoms with Crippen molar-refractivity contribution < 1.29 is 23.8 Å². The van der Waals surface area contributed by atoms with Crippen molar-refractivity contribution in [3.05, 3.63) is 88.4 Å². The molecule has 3 aromatic carbocycles. The Morgan fingerprint density at radius 2 is 1.54 bits per heavy atom. The van der Waals surface area contributed by atoms with Gasteiger partial charge >= 0.3 is 0 Å². The quantitative estimate of drug-likeness (QED) is 0.298. The van der Waals surface area contributed by atoms with Crippen molar-refractivity contribution in [1.82, 2.24) is 10.2 Å². The maximum atomic E-state index is 13.8. The fourth-order valence-electron chi connectivity index (χ4n) is 4.85. The van der Waals surface area contributed by atoms with Crippen LogP contribution in [0.15, 0.2) is 77.3 Å². The smallest absolute Gasteiger partial charge is 0.261 e. The number of ether oxygens (including phenoxy) is 3. The summed E-state index contributed by atoms with van der Waals surface area (Å²) in [5, 5.41) is 3.22. The van der Waals surface area contributed by atoms with E-state index in [9.17, 15) is 9.59 Å². The summed E-state index contributed by atoms with van der Waals surface area (Å²) in [6.07, 6.45) is 4.53. The highest BCUT2D eigenvalue weighted by Gasteiger charge is 2.32. The van der Waals surface area contributed by atoms with Crippen LogP contribution in [-0.2, 0) is 22.6 Å². The molecule has 0 aliphatic heterocycles. The maximum Gasteiger partial charge on any atom is 0.261 e. The van der Waals surface area contributed by atoms with Gasteiger partial charge in [0.05, 0.1) is 14.2 Å². The van der Waals surface area contributed by atoms with Gasteiger partial charge in [0.15, 0.2) is 6.61 Å². The zero-order chi connectivity index (χ0) is 27.6. The monoisotopic (exact) mass is 594 g/mol. The number of methoxy groups -OCH3 is 2. The van der Waals surface area contributed by atoms with Gasteiger partial charge in [-0.2, -0.15) is 0 Å². The van der Waals surface area contributed by atoms with Gasteiger partial charge in [-0.3, -0.25) is 9.59 Å². The summed E-state index contributed by atoms with van der Waals surface area (Å²) in [6, 6.07) is 22.1. The van der Waals surface area contributed by atoms with Crippen LogP contribution in [-0.4, -0.2) is 49.6 Å². The molecule has 1 N–H and O–H groups in total. The van der Waals surface area contributed by atoms with Gasteiger partial charge in [-0.15, -0.1) is 0 Å². The van der Waals surface area contributed by atoms with Crippen LogP contribution in [0.4, 0.5) is 0 Å². The fraction of sp³-hybridized carbons (Fsp3) is 0.355. The Morgan fingerprint density at radius 1 is 0.897 bits per heavy atom. The average molecular weight is 596 g/mol. The van der Waals surface area contributed by atoms with E-state index in [4.69, 9.17) is 14.2 Å². The number of nitrogens with one attached hydrogen (secondary N) is 1. The van der Waals surface area contributed by atoms with Gasteiger partial charge < -0.3 is 24.4 Å². The Hall–Kier alpha value is -3.52. The summed E-state index contributed by atoms with van der Waals surface area (Å²) in [4.78, 5) is 29.2. The van der Waals surface area contributed by atoms with Gasteiger partial charge in [-0.05, 0) is 36.1 Å². The molecule has 2 amide bonds. The first-order chi connectivity index (χ1) is 18.9. The van der Waals surface area contributed by atoms with Crippen molar-refractivity contribution in [3.63, 3.8) is 0 Å². The Balaban J connectivity index is 1.62. The van der Waals surface area contributed by atoms with Crippen LogP contribution in [0.2, 0.25) is 0 Å². The molecule has 1 aliphatic rings. The lowest BCUT2D eigenvalue weighted by molar-refractivity contribution is -0.143. The lowest BCUT2D eigenvalue weighted by Crippen LogP contribution is -2.53. The van der Waals surface area contributed by atoms with Gasteiger partial charge in [-0.1, -0.05) is 71.2 Å². The molecular formula is C31H35BrN2O5. The van der Waals surface area contributed by atoms with Crippen LogP contribution < -0.4 is 19.5 Å². The Bertz CT molecular complexity index is 1220. The van der Waals surface area contributed by atoms with E-state index >= 15 is 0 Å². The summed E-state index contributed by atoms with van der Waals surface area (Å²) in [7, 11) is 3.11. The van der Waals surface area contributed by atoms with E-state index in [0.29, 0.717) is 23.7 Å². The summed E-state index contributed by atoms with van der Waals surface area (Å²) in [5.41, 5.74) is 1.89. The first-order valence-corrected chi connectivity index (χ1v) is 14.0. The lowest BCUT2D eigenvalue weighted by Gasteiger charge is -2.32. The Morgan fingerprint density at radius 3 is 2.18 bits per heavy atom. The number of nitrogens with zero attached hydrogens (tertiary/aromatic N) is 1. The minimum atomic E-state index is -0.706. The number of halogens is 1. The van der Waals surface area contributed by atoms with Crippen molar-refractivity contribution in [2.75, 3.05) is 20.8 Å². The van der Waals surface area contributed by atoms with E-state index in [1.807, 2.05) is 54.6 Å². The zero-order valence-electron chi connectivity index (χ0n) is 22.4. The minimum Gasteiger partial charge on any atom is -0.496 e. The molecule has 8 heteroatoms. The molecule has 0 radical (unpaired) electrons. The number of carbonyl (C=O) groups excluding carboxylic acids is 2. The predicted octanol–water partition coefficient (Wildman–Crippen LogP) is 5.54. The first-order valence-electron chi connectivity index (χ1n) is 13.2. The average Bonchev–Trinajstić information content (AvgIpc) is 3.47. The molecular weight excluding hydrogens is 560 g/mol. The summed E-state index contributed by atoms with van der Waals surface area (Å²) < 4.78 is 17.5. The van der Waals surface area contributed by atoms with Crippen LogP contribution in [0, 0.1) is 0 Å². The number of benzene rings is 3. The van der Waals surface area contributed by atoms with Crippen LogP contribution in [0.25, 0.3) is 0 Å². The van der Waals surface area contributed by atoms with Crippen molar-refractivity contribution in [3.8, 4) is 17.2 Å². The van der Waals surface area contributed by atoms with Crippen molar-refractivity contribution in [2.45, 2.75) is 50.7 Å². The fourth-order valence-corrected chi connectivity index (χ4v) is 5.29. The lowest BCUT2D eigenvalue weighted by atomic mass is 10.0. The van der Waals surface area contributed by atoms with Crippen LogP contribution >= 0.6 is 15.9 Å². The molecule has 0 unspecified atom stereocenters. The first kappa shape index (κ1) is 28.5. The van der Waals surface area contributed by atoms with E-state index in [1.165, 1.54) is 0 Å². The predicted molar refractivity (Wildman–Crippen MR) is 154 cm³/mol. The SMILES string of the molecule is COc1cc(OC)cc(OCC(=O)N(Cc2cccc(Br)c2)[C@@H](Cc2ccccc2)C(=O)NC2CCCC2)c1. The van der Waals surface area contributed by atoms with E-state index in [-0.39, 0.29) is 31.0 Å². The molecule has 206 valence electrons. The summed E-state index contributed by atoms with van der Waals surface area (Å²) in [6.45, 7) is 0.0188. The topological polar surface area (TPSA) is 77.1 Å². The summed E-state index contributed by atoms with van der Waals surface area (Å²) in [5.74, 6) is 1.12. The molecule has 0 saturated heterocycles. The van der Waals surface area contributed by atoms with E-state index < -0.39 is 6.04 Å². The summed E-state index contributed by atoms with van der Waals surface area (Å²) >= 11 is 3.52. The molecule has 39 heavy (non-hydrogen) atoms. The maximum absolute atomic E-state index is 13.8. The third-order valence-corrected chi connectivity index (χ3v) is 7.40. The highest BCUT2D eigenvalue weighted by molar-refractivity contribution is 9.10. The number of carbonyl (C=O) groups is 2. The van der Waals surface area contributed by atoms with Crippen molar-refractivity contribution in [1.29, 1.82) is 0 Å². The second kappa shape index (κ2) is 14.0. The van der Waals surface area contributed by atoms with Crippen molar-refractivity contribution in [2.24, 2.45) is 0 Å². The van der Waals surface area contributed by atoms with Crippen LogP contribution in [0.1, 0.15) is 36.8 Å². The molecule has 1 fully saturated rings. The number of rotatable bonds is 12. The number of amides is 2. The molecule has 0 aromatic heterocycles. The van der Waals surface area contributed by atoms with Crippen molar-refractivity contribution >= 4 is 27.7 Å². The van der Waals surface area contributed by atoms with E-state index in [1.54, 1.807) is 37.3 Å². The standard InChI is InChI=1S/C31H35BrN2O5/c1-37-26-17-27(38-2)19-28(18-26)39-21-30(35)34(20-23-11-8-12-24(32)15-23)29(16-22-9-4-3-5-10-22)31(36)33-25-13-6-7-14-25/h3-5,8-12,15,17-19,25,29H,6-7,13-14,16,20-21H2,1-2H3,(H,33,36)/t29-/m0/s1. The minimum absolute atomic E-state index is 0.138. The third-order valence-electron chi connectivity index (χ3n) is 6.90. The normalized spacial score (nSPS) is 13.9. The van der Waals surface area contributed by atoms with E-state index in [0.717, 1.165) is 41.3 Å². The Kier molecular flexibility index (Phi) is 10.3. The van der Waals surface area contributed by atoms with E-state index in [2.05, 4.69) is 21.2 Å². The van der Waals surface area contributed by atoms with Gasteiger partial charge in [-0.25, -0.2) is 0 Å². The van der Waals surface area contributed by atoms with Gasteiger partial charge in [0, 0.05) is 41.7 Å². The molecule has 3 aromatic rings. The molecule has 1 saturated carbocycles. The number of hydrogen-bond donors (Lipinski definition) is 1. The van der Waals surface area contributed by atoms with Gasteiger partial charge in [0.2, 0.25) is 5.91 Å². The molecule has 0 heterocycles. The van der Waals surface area contributed by atoms with Gasteiger partial charge in [0.1, 0.15) is 23.3 Å². The highest BCUT2D eigenvalue weighted by atomic mass is 79.9. The molecule has 4 rings (SSSR count). The van der Waals surface area contributed by atoms with Gasteiger partial charge in [0.25, 0.3) is 5.91 Å². The second-order valence-corrected chi connectivity index (χ2v) is 10.6. The molecule has 0 spiro atoms. The van der Waals surface area contributed by atoms with Crippen LogP contribution in [0.5, 0.6) is 17.2 Å². The molecule has 1 atom stereocenters. The highest BCUT2D eigenvalue weighted by Crippen LogP contribution is 2.28. The largest absolute Gasteiger partial charge is 0.496 e. The van der Waals surface area contributed by atoms with Crippen LogP contribution in [0.3, 0.4) is 0 Å². The second-order valence-electron chi connectivity index (χ2n) is 9.68. The Labute approximate surface area is 238 Å². The molecule has 0 bridgehead atoms. The number of hydrogen-bond acceptors (Lipinski definition) is 5. The zero-order valence-corrected chi connectivity index (χ0v) is 24.0. The third kappa shape index (κ3) is 8.23. The molecule has 1 aliphatic carbocycles. The molecule has 7 nitrogen and oxygen atoms in total.